The molecule has 0 aliphatic carbocycles. The molecule has 0 radical (unpaired) electrons. The van der Waals surface area contributed by atoms with E-state index in [4.69, 9.17) is 0 Å². The number of benzene rings is 1. The molecule has 0 atom stereocenters. The van der Waals surface area contributed by atoms with Crippen LogP contribution in [0.1, 0.15) is 29.5 Å². The van der Waals surface area contributed by atoms with Crippen LogP contribution in [0.5, 0.6) is 0 Å². The third kappa shape index (κ3) is 2.33. The van der Waals surface area contributed by atoms with Gasteiger partial charge in [-0.3, -0.25) is 0 Å². The summed E-state index contributed by atoms with van der Waals surface area (Å²) >= 11 is 0. The molecule has 0 fully saturated rings. The third-order valence-electron chi connectivity index (χ3n) is 3.06. The Morgan fingerprint density at radius 1 is 1.24 bits per heavy atom. The molecule has 1 aliphatic heterocycles. The first-order valence-corrected chi connectivity index (χ1v) is 5.55. The Bertz CT molecular complexity index is 466. The van der Waals surface area contributed by atoms with E-state index in [-0.39, 0.29) is 17.8 Å². The quantitative estimate of drug-likeness (QED) is 0.636. The maximum atomic E-state index is 12.7. The first-order valence-electron chi connectivity index (χ1n) is 5.55. The third-order valence-corrected chi connectivity index (χ3v) is 3.06. The highest BCUT2D eigenvalue weighted by Gasteiger charge is 2.36. The van der Waals surface area contributed by atoms with Gasteiger partial charge in [-0.25, -0.2) is 0 Å². The number of alkyl halides is 3. The molecule has 1 aromatic rings. The first kappa shape index (κ1) is 12.1. The van der Waals surface area contributed by atoms with Crippen molar-refractivity contribution in [3.8, 4) is 0 Å². The second-order valence-electron chi connectivity index (χ2n) is 4.35. The zero-order valence-corrected chi connectivity index (χ0v) is 9.47. The van der Waals surface area contributed by atoms with Gasteiger partial charge in [0, 0.05) is 27.7 Å². The fourth-order valence-corrected chi connectivity index (χ4v) is 2.19. The fourth-order valence-electron chi connectivity index (χ4n) is 2.19. The Labute approximate surface area is 97.0 Å². The van der Waals surface area contributed by atoms with Crippen LogP contribution in [0.25, 0.3) is 0 Å². The molecule has 0 amide bonds. The van der Waals surface area contributed by atoms with E-state index in [9.17, 15) is 18.1 Å². The molecule has 2 rings (SSSR count). The summed E-state index contributed by atoms with van der Waals surface area (Å²) in [4.78, 5) is 11.6. The lowest BCUT2D eigenvalue weighted by Crippen LogP contribution is -2.10. The van der Waals surface area contributed by atoms with Gasteiger partial charge in [-0.2, -0.15) is 13.2 Å². The average Bonchev–Trinajstić information content (AvgIpc) is 2.38. The van der Waals surface area contributed by atoms with Gasteiger partial charge in [0.2, 0.25) is 0 Å². The zero-order valence-electron chi connectivity index (χ0n) is 9.47. The monoisotopic (exact) mass is 244 g/mol. The van der Waals surface area contributed by atoms with Crippen LogP contribution in [-0.4, -0.2) is 11.3 Å². The summed E-state index contributed by atoms with van der Waals surface area (Å²) in [7, 11) is 0. The van der Waals surface area contributed by atoms with Gasteiger partial charge in [-0.1, -0.05) is 0 Å². The minimum absolute atomic E-state index is 0.181. The van der Waals surface area contributed by atoms with E-state index in [2.05, 4.69) is 0 Å². The number of rotatable bonds is 0. The molecule has 1 aliphatic rings. The largest absolute Gasteiger partial charge is 0.416 e. The van der Waals surface area contributed by atoms with Gasteiger partial charge in [0.1, 0.15) is 0 Å². The Hall–Kier alpha value is -1.39. The lowest BCUT2D eigenvalue weighted by Gasteiger charge is -2.11. The molecule has 0 spiro atoms. The van der Waals surface area contributed by atoms with Crippen molar-refractivity contribution in [3.05, 3.63) is 33.7 Å². The first-order chi connectivity index (χ1) is 7.89. The highest BCUT2D eigenvalue weighted by Crippen LogP contribution is 2.37. The number of hydrogen-bond donors (Lipinski definition) is 0. The number of nitroso groups, excluding NO2 is 1. The molecule has 5 heteroatoms. The standard InChI is InChI=1S/C12H13F3NO/c1-8-6-9-4-2-3-5-16(17)11(9)7-10(8)12(13,14)15/h6-7H,2-5H2,1H3/q+1. The minimum atomic E-state index is -4.40. The normalized spacial score (nSPS) is 16.6. The van der Waals surface area contributed by atoms with Gasteiger partial charge in [-0.05, 0) is 31.4 Å². The van der Waals surface area contributed by atoms with Crippen LogP contribution in [0.15, 0.2) is 12.1 Å². The summed E-state index contributed by atoms with van der Waals surface area (Å²) < 4.78 is 38.9. The highest BCUT2D eigenvalue weighted by atomic mass is 19.4. The van der Waals surface area contributed by atoms with Crippen LogP contribution in [0, 0.1) is 11.8 Å². The summed E-state index contributed by atoms with van der Waals surface area (Å²) in [6, 6.07) is 2.48. The Balaban J connectivity index is 2.57. The summed E-state index contributed by atoms with van der Waals surface area (Å²) in [6.07, 6.45) is -2.16. The lowest BCUT2D eigenvalue weighted by atomic mass is 10.00. The SMILES string of the molecule is Cc1cc2c(cc1C(F)(F)F)[N+](=O)CCCC2. The Morgan fingerprint density at radius 2 is 1.94 bits per heavy atom. The molecule has 0 unspecified atom stereocenters. The summed E-state index contributed by atoms with van der Waals surface area (Å²) in [5.74, 6) is 0. The second-order valence-corrected chi connectivity index (χ2v) is 4.35. The molecular weight excluding hydrogens is 231 g/mol. The number of fused-ring (bicyclic) bond motifs is 1. The van der Waals surface area contributed by atoms with Crippen molar-refractivity contribution < 1.29 is 17.9 Å². The van der Waals surface area contributed by atoms with E-state index >= 15 is 0 Å². The Morgan fingerprint density at radius 3 is 2.59 bits per heavy atom. The maximum Gasteiger partial charge on any atom is 0.416 e. The summed E-state index contributed by atoms with van der Waals surface area (Å²) in [5.41, 5.74) is 0.383. The average molecular weight is 244 g/mol. The second kappa shape index (κ2) is 4.13. The predicted molar refractivity (Wildman–Crippen MR) is 57.3 cm³/mol. The van der Waals surface area contributed by atoms with Crippen LogP contribution in [0.4, 0.5) is 18.9 Å². The van der Waals surface area contributed by atoms with E-state index < -0.39 is 11.7 Å². The number of aryl methyl sites for hydroxylation is 2. The van der Waals surface area contributed by atoms with Crippen LogP contribution in [0.2, 0.25) is 0 Å². The van der Waals surface area contributed by atoms with Crippen molar-refractivity contribution in [2.45, 2.75) is 32.4 Å². The van der Waals surface area contributed by atoms with E-state index in [1.54, 1.807) is 0 Å². The molecule has 0 aromatic heterocycles. The van der Waals surface area contributed by atoms with E-state index in [0.29, 0.717) is 11.2 Å². The van der Waals surface area contributed by atoms with Crippen LogP contribution in [-0.2, 0) is 12.6 Å². The predicted octanol–water partition coefficient (Wildman–Crippen LogP) is 3.76. The van der Waals surface area contributed by atoms with Crippen molar-refractivity contribution in [1.29, 1.82) is 0 Å². The van der Waals surface area contributed by atoms with Crippen LogP contribution >= 0.6 is 0 Å². The summed E-state index contributed by atoms with van der Waals surface area (Å²) in [5, 5.41) is 0. The minimum Gasteiger partial charge on any atom is -0.166 e. The van der Waals surface area contributed by atoms with Crippen molar-refractivity contribution in [2.24, 2.45) is 0 Å². The maximum absolute atomic E-state index is 12.7. The smallest absolute Gasteiger partial charge is 0.166 e. The van der Waals surface area contributed by atoms with Gasteiger partial charge in [0.25, 0.3) is 5.69 Å². The molecule has 0 saturated heterocycles. The van der Waals surface area contributed by atoms with Gasteiger partial charge < -0.3 is 0 Å². The molecule has 17 heavy (non-hydrogen) atoms. The number of halogens is 3. The van der Waals surface area contributed by atoms with Crippen molar-refractivity contribution in [1.82, 2.24) is 0 Å². The van der Waals surface area contributed by atoms with Crippen molar-refractivity contribution in [2.75, 3.05) is 6.54 Å². The van der Waals surface area contributed by atoms with Gasteiger partial charge in [-0.15, -0.1) is 0 Å². The zero-order chi connectivity index (χ0) is 12.6. The molecule has 92 valence electrons. The molecule has 0 N–H and O–H groups in total. The molecule has 1 aromatic carbocycles. The van der Waals surface area contributed by atoms with Crippen LogP contribution < -0.4 is 0 Å². The van der Waals surface area contributed by atoms with E-state index in [1.807, 2.05) is 0 Å². The van der Waals surface area contributed by atoms with E-state index in [1.165, 1.54) is 13.0 Å². The van der Waals surface area contributed by atoms with Crippen LogP contribution in [0.3, 0.4) is 0 Å². The van der Waals surface area contributed by atoms with Gasteiger partial charge in [0.05, 0.1) is 5.56 Å². The molecular formula is C12H13F3NO+. The molecule has 1 heterocycles. The topological polar surface area (TPSA) is 20.1 Å². The highest BCUT2D eigenvalue weighted by molar-refractivity contribution is 5.48. The Kier molecular flexibility index (Phi) is 2.93. The molecule has 0 saturated carbocycles. The summed E-state index contributed by atoms with van der Waals surface area (Å²) in [6.45, 7) is 1.70. The number of hydrogen-bond acceptors (Lipinski definition) is 1. The molecule has 0 bridgehead atoms. The van der Waals surface area contributed by atoms with Crippen molar-refractivity contribution >= 4 is 5.69 Å². The van der Waals surface area contributed by atoms with Gasteiger partial charge in [0.15, 0.2) is 6.54 Å². The lowest BCUT2D eigenvalue weighted by molar-refractivity contribution is -0.462. The molecule has 2 nitrogen and oxygen atoms in total. The van der Waals surface area contributed by atoms with Crippen molar-refractivity contribution in [3.63, 3.8) is 0 Å². The number of nitrogens with zero attached hydrogens (tertiary/aromatic N) is 1. The van der Waals surface area contributed by atoms with Gasteiger partial charge >= 0.3 is 6.18 Å². The fraction of sp³-hybridized carbons (Fsp3) is 0.500. The van der Waals surface area contributed by atoms with E-state index in [0.717, 1.165) is 24.5 Å².